The molecule has 126 valence electrons. The molecule has 4 rings (SSSR count). The summed E-state index contributed by atoms with van der Waals surface area (Å²) < 4.78 is 7.40. The van der Waals surface area contributed by atoms with E-state index >= 15 is 0 Å². The predicted molar refractivity (Wildman–Crippen MR) is 94.0 cm³/mol. The molecule has 1 aliphatic heterocycles. The van der Waals surface area contributed by atoms with Crippen LogP contribution in [0.5, 0.6) is 5.75 Å². The molecular weight excluding hydrogens is 316 g/mol. The van der Waals surface area contributed by atoms with Crippen molar-refractivity contribution in [3.05, 3.63) is 65.5 Å². The number of rotatable bonds is 3. The standard InChI is InChI=1S/C19H18N4O2/c1-12-7-8-20-17(9-12)23-18(10-13(2)22-23)21-19(24)16-11-14-5-3-4-6-15(14)25-16/h3-10,16H,11H2,1-2H3,(H,21,24). The molecule has 6 heteroatoms. The Bertz CT molecular complexity index is 923. The zero-order valence-electron chi connectivity index (χ0n) is 14.1. The molecule has 0 bridgehead atoms. The average Bonchev–Trinajstić information content (AvgIpc) is 3.18. The molecule has 3 heterocycles. The zero-order valence-corrected chi connectivity index (χ0v) is 14.1. The molecule has 0 spiro atoms. The Balaban J connectivity index is 1.57. The van der Waals surface area contributed by atoms with E-state index in [0.29, 0.717) is 18.1 Å². The Morgan fingerprint density at radius 2 is 2.08 bits per heavy atom. The lowest BCUT2D eigenvalue weighted by molar-refractivity contribution is -0.122. The molecule has 0 radical (unpaired) electrons. The molecule has 1 N–H and O–H groups in total. The van der Waals surface area contributed by atoms with E-state index in [9.17, 15) is 4.79 Å². The number of aryl methyl sites for hydroxylation is 2. The third kappa shape index (κ3) is 2.98. The molecular formula is C19H18N4O2. The summed E-state index contributed by atoms with van der Waals surface area (Å²) in [6, 6.07) is 13.4. The van der Waals surface area contributed by atoms with E-state index in [2.05, 4.69) is 15.4 Å². The number of nitrogens with zero attached hydrogens (tertiary/aromatic N) is 3. The van der Waals surface area contributed by atoms with Gasteiger partial charge in [-0.05, 0) is 43.2 Å². The largest absolute Gasteiger partial charge is 0.480 e. The number of fused-ring (bicyclic) bond motifs is 1. The number of carbonyl (C=O) groups is 1. The summed E-state index contributed by atoms with van der Waals surface area (Å²) >= 11 is 0. The SMILES string of the molecule is Cc1ccnc(-n2nc(C)cc2NC(=O)C2Cc3ccccc3O2)c1. The number of ether oxygens (including phenoxy) is 1. The average molecular weight is 334 g/mol. The summed E-state index contributed by atoms with van der Waals surface area (Å²) in [7, 11) is 0. The number of carbonyl (C=O) groups excluding carboxylic acids is 1. The van der Waals surface area contributed by atoms with Gasteiger partial charge < -0.3 is 10.1 Å². The van der Waals surface area contributed by atoms with Crippen molar-refractivity contribution in [2.24, 2.45) is 0 Å². The quantitative estimate of drug-likeness (QED) is 0.800. The van der Waals surface area contributed by atoms with Crippen LogP contribution in [0.25, 0.3) is 5.82 Å². The first-order valence-corrected chi connectivity index (χ1v) is 8.15. The van der Waals surface area contributed by atoms with Gasteiger partial charge in [0.1, 0.15) is 11.6 Å². The monoisotopic (exact) mass is 334 g/mol. The second-order valence-electron chi connectivity index (χ2n) is 6.18. The lowest BCUT2D eigenvalue weighted by atomic mass is 10.1. The van der Waals surface area contributed by atoms with E-state index in [-0.39, 0.29) is 5.91 Å². The second kappa shape index (κ2) is 6.05. The zero-order chi connectivity index (χ0) is 17.4. The van der Waals surface area contributed by atoms with Gasteiger partial charge in [-0.15, -0.1) is 0 Å². The van der Waals surface area contributed by atoms with Gasteiger partial charge in [0.2, 0.25) is 0 Å². The van der Waals surface area contributed by atoms with E-state index in [1.807, 2.05) is 56.3 Å². The molecule has 3 aromatic rings. The molecule has 25 heavy (non-hydrogen) atoms. The molecule has 1 aliphatic rings. The minimum Gasteiger partial charge on any atom is -0.480 e. The molecule has 6 nitrogen and oxygen atoms in total. The summed E-state index contributed by atoms with van der Waals surface area (Å²) in [5.41, 5.74) is 2.92. The van der Waals surface area contributed by atoms with E-state index in [0.717, 1.165) is 22.6 Å². The third-order valence-corrected chi connectivity index (χ3v) is 4.14. The molecule has 1 amide bonds. The van der Waals surface area contributed by atoms with Crippen LogP contribution in [-0.2, 0) is 11.2 Å². The van der Waals surface area contributed by atoms with Crippen molar-refractivity contribution in [3.8, 4) is 11.6 Å². The van der Waals surface area contributed by atoms with Crippen LogP contribution in [-0.4, -0.2) is 26.8 Å². The van der Waals surface area contributed by atoms with Crippen LogP contribution in [0.2, 0.25) is 0 Å². The number of amides is 1. The number of pyridine rings is 1. The first-order chi connectivity index (χ1) is 12.1. The van der Waals surface area contributed by atoms with Gasteiger partial charge in [0.15, 0.2) is 11.9 Å². The van der Waals surface area contributed by atoms with E-state index in [1.54, 1.807) is 10.9 Å². The summed E-state index contributed by atoms with van der Waals surface area (Å²) in [5, 5.41) is 7.36. The van der Waals surface area contributed by atoms with Crippen LogP contribution in [0.15, 0.2) is 48.7 Å². The summed E-state index contributed by atoms with van der Waals surface area (Å²) in [4.78, 5) is 17.0. The number of hydrogen-bond acceptors (Lipinski definition) is 4. The summed E-state index contributed by atoms with van der Waals surface area (Å²) in [5.74, 6) is 1.83. The van der Waals surface area contributed by atoms with Crippen molar-refractivity contribution >= 4 is 11.7 Å². The van der Waals surface area contributed by atoms with Crippen LogP contribution in [0.4, 0.5) is 5.82 Å². The highest BCUT2D eigenvalue weighted by atomic mass is 16.5. The maximum Gasteiger partial charge on any atom is 0.266 e. The number of nitrogens with one attached hydrogen (secondary N) is 1. The predicted octanol–water partition coefficient (Wildman–Crippen LogP) is 2.83. The lowest BCUT2D eigenvalue weighted by Gasteiger charge is -2.12. The van der Waals surface area contributed by atoms with E-state index in [1.165, 1.54) is 0 Å². The van der Waals surface area contributed by atoms with Crippen LogP contribution in [0.3, 0.4) is 0 Å². The highest BCUT2D eigenvalue weighted by molar-refractivity contribution is 5.94. The van der Waals surface area contributed by atoms with Gasteiger partial charge in [-0.2, -0.15) is 9.78 Å². The molecule has 0 aliphatic carbocycles. The van der Waals surface area contributed by atoms with Crippen molar-refractivity contribution in [1.82, 2.24) is 14.8 Å². The summed E-state index contributed by atoms with van der Waals surface area (Å²) in [6.45, 7) is 3.87. The van der Waals surface area contributed by atoms with Crippen LogP contribution >= 0.6 is 0 Å². The minimum atomic E-state index is -0.536. The maximum absolute atomic E-state index is 12.6. The smallest absolute Gasteiger partial charge is 0.266 e. The van der Waals surface area contributed by atoms with Crippen molar-refractivity contribution < 1.29 is 9.53 Å². The molecule has 1 unspecified atom stereocenters. The lowest BCUT2D eigenvalue weighted by Crippen LogP contribution is -2.32. The number of para-hydroxylation sites is 1. The Labute approximate surface area is 145 Å². The Kier molecular flexibility index (Phi) is 3.72. The van der Waals surface area contributed by atoms with Gasteiger partial charge in [-0.25, -0.2) is 4.98 Å². The van der Waals surface area contributed by atoms with Gasteiger partial charge in [0.05, 0.1) is 5.69 Å². The van der Waals surface area contributed by atoms with Crippen LogP contribution in [0, 0.1) is 13.8 Å². The Morgan fingerprint density at radius 1 is 1.24 bits per heavy atom. The van der Waals surface area contributed by atoms with E-state index < -0.39 is 6.10 Å². The van der Waals surface area contributed by atoms with E-state index in [4.69, 9.17) is 4.74 Å². The minimum absolute atomic E-state index is 0.190. The fourth-order valence-corrected chi connectivity index (χ4v) is 2.93. The molecule has 2 aromatic heterocycles. The van der Waals surface area contributed by atoms with Crippen molar-refractivity contribution in [1.29, 1.82) is 0 Å². The number of benzene rings is 1. The highest BCUT2D eigenvalue weighted by Gasteiger charge is 2.29. The topological polar surface area (TPSA) is 69.0 Å². The van der Waals surface area contributed by atoms with Gasteiger partial charge in [0.25, 0.3) is 5.91 Å². The van der Waals surface area contributed by atoms with Crippen molar-refractivity contribution in [2.75, 3.05) is 5.32 Å². The molecule has 1 aromatic carbocycles. The van der Waals surface area contributed by atoms with Crippen LogP contribution in [0.1, 0.15) is 16.8 Å². The first-order valence-electron chi connectivity index (χ1n) is 8.15. The molecule has 0 saturated heterocycles. The second-order valence-corrected chi connectivity index (χ2v) is 6.18. The molecule has 0 fully saturated rings. The maximum atomic E-state index is 12.6. The molecule has 1 atom stereocenters. The number of anilines is 1. The van der Waals surface area contributed by atoms with Crippen molar-refractivity contribution in [2.45, 2.75) is 26.4 Å². The fourth-order valence-electron chi connectivity index (χ4n) is 2.93. The van der Waals surface area contributed by atoms with Gasteiger partial charge >= 0.3 is 0 Å². The Hall–Kier alpha value is -3.15. The number of hydrogen-bond donors (Lipinski definition) is 1. The van der Waals surface area contributed by atoms with Gasteiger partial charge in [-0.1, -0.05) is 18.2 Å². The van der Waals surface area contributed by atoms with Crippen molar-refractivity contribution in [3.63, 3.8) is 0 Å². The first kappa shape index (κ1) is 15.4. The summed E-state index contributed by atoms with van der Waals surface area (Å²) in [6.07, 6.45) is 1.76. The Morgan fingerprint density at radius 3 is 2.88 bits per heavy atom. The van der Waals surface area contributed by atoms with Gasteiger partial charge in [-0.3, -0.25) is 4.79 Å². The highest BCUT2D eigenvalue weighted by Crippen LogP contribution is 2.29. The number of aromatic nitrogens is 3. The third-order valence-electron chi connectivity index (χ3n) is 4.14. The van der Waals surface area contributed by atoms with Gasteiger partial charge in [0, 0.05) is 18.7 Å². The van der Waals surface area contributed by atoms with Crippen LogP contribution < -0.4 is 10.1 Å². The fraction of sp³-hybridized carbons (Fsp3) is 0.211. The molecule has 0 saturated carbocycles. The normalized spacial score (nSPS) is 15.5.